The Labute approximate surface area is 111 Å². The zero-order chi connectivity index (χ0) is 12.7. The summed E-state index contributed by atoms with van der Waals surface area (Å²) in [7, 11) is 0. The molecule has 0 aromatic carbocycles. The first kappa shape index (κ1) is 11.9. The minimum atomic E-state index is 0.513. The van der Waals surface area contributed by atoms with Crippen molar-refractivity contribution < 1.29 is 0 Å². The maximum absolute atomic E-state index is 6.08. The Morgan fingerprint density at radius 3 is 2.89 bits per heavy atom. The van der Waals surface area contributed by atoms with Crippen LogP contribution in [-0.4, -0.2) is 9.97 Å². The first-order chi connectivity index (χ1) is 8.67. The minimum Gasteiger partial charge on any atom is -0.383 e. The van der Waals surface area contributed by atoms with Crippen LogP contribution in [0.15, 0.2) is 6.07 Å². The quantitative estimate of drug-likeness (QED) is 0.896. The normalized spacial score (nSPS) is 23.9. The highest BCUT2D eigenvalue weighted by molar-refractivity contribution is 7.18. The van der Waals surface area contributed by atoms with Crippen molar-refractivity contribution in [3.8, 4) is 0 Å². The molecule has 0 aliphatic heterocycles. The molecule has 1 aliphatic rings. The number of aryl methyl sites for hydroxylation is 1. The molecule has 0 amide bonds. The Kier molecular flexibility index (Phi) is 2.98. The molecule has 0 saturated heterocycles. The van der Waals surface area contributed by atoms with Crippen LogP contribution >= 0.6 is 11.3 Å². The van der Waals surface area contributed by atoms with E-state index < -0.39 is 0 Å². The molecule has 0 bridgehead atoms. The zero-order valence-electron chi connectivity index (χ0n) is 10.9. The van der Waals surface area contributed by atoms with Crippen LogP contribution in [0.5, 0.6) is 0 Å². The van der Waals surface area contributed by atoms with Crippen molar-refractivity contribution in [3.05, 3.63) is 16.8 Å². The molecule has 2 atom stereocenters. The topological polar surface area (TPSA) is 51.8 Å². The van der Waals surface area contributed by atoms with Gasteiger partial charge in [-0.15, -0.1) is 11.3 Å². The number of hydrogen-bond donors (Lipinski definition) is 1. The van der Waals surface area contributed by atoms with Crippen LogP contribution in [0.25, 0.3) is 10.2 Å². The summed E-state index contributed by atoms with van der Waals surface area (Å²) in [5.41, 5.74) is 6.08. The van der Waals surface area contributed by atoms with E-state index in [0.29, 0.717) is 11.7 Å². The van der Waals surface area contributed by atoms with Crippen LogP contribution in [0.3, 0.4) is 0 Å². The van der Waals surface area contributed by atoms with Gasteiger partial charge in [0.25, 0.3) is 0 Å². The van der Waals surface area contributed by atoms with Gasteiger partial charge in [0.05, 0.1) is 5.39 Å². The van der Waals surface area contributed by atoms with Crippen LogP contribution in [0.4, 0.5) is 5.82 Å². The standard InChI is InChI=1S/C14H19N3S/c1-3-10-7-11-12(15)16-13(17-14(11)18-10)9-5-4-8(2)6-9/h7-9H,3-6H2,1-2H3,(H2,15,16,17). The predicted molar refractivity (Wildman–Crippen MR) is 77.0 cm³/mol. The highest BCUT2D eigenvalue weighted by Crippen LogP contribution is 2.38. The molecule has 2 N–H and O–H groups in total. The average Bonchev–Trinajstić information content (AvgIpc) is 2.94. The molecule has 2 unspecified atom stereocenters. The molecule has 2 aromatic heterocycles. The molecule has 0 spiro atoms. The largest absolute Gasteiger partial charge is 0.383 e. The third kappa shape index (κ3) is 1.99. The van der Waals surface area contributed by atoms with Crippen LogP contribution < -0.4 is 5.73 Å². The Bertz CT molecular complexity index is 576. The van der Waals surface area contributed by atoms with Crippen LogP contribution in [-0.2, 0) is 6.42 Å². The molecule has 2 heterocycles. The lowest BCUT2D eigenvalue weighted by molar-refractivity contribution is 0.587. The van der Waals surface area contributed by atoms with Gasteiger partial charge >= 0.3 is 0 Å². The fourth-order valence-corrected chi connectivity index (χ4v) is 3.79. The maximum Gasteiger partial charge on any atom is 0.135 e. The lowest BCUT2D eigenvalue weighted by Crippen LogP contribution is -2.04. The van der Waals surface area contributed by atoms with Crippen molar-refractivity contribution in [2.75, 3.05) is 5.73 Å². The van der Waals surface area contributed by atoms with E-state index in [-0.39, 0.29) is 0 Å². The summed E-state index contributed by atoms with van der Waals surface area (Å²) >= 11 is 1.75. The first-order valence-corrected chi connectivity index (χ1v) is 7.54. The van der Waals surface area contributed by atoms with E-state index in [4.69, 9.17) is 10.7 Å². The third-order valence-electron chi connectivity index (χ3n) is 3.90. The number of nitrogens with zero attached hydrogens (tertiary/aromatic N) is 2. The Balaban J connectivity index is 2.03. The van der Waals surface area contributed by atoms with Crippen molar-refractivity contribution in [1.29, 1.82) is 0 Å². The number of aromatic nitrogens is 2. The molecule has 18 heavy (non-hydrogen) atoms. The SMILES string of the molecule is CCc1cc2c(N)nc(C3CCC(C)C3)nc2s1. The van der Waals surface area contributed by atoms with Gasteiger partial charge in [0, 0.05) is 10.8 Å². The number of fused-ring (bicyclic) bond motifs is 1. The van der Waals surface area contributed by atoms with E-state index in [1.165, 1.54) is 24.1 Å². The molecule has 1 aliphatic carbocycles. The fourth-order valence-electron chi connectivity index (χ4n) is 2.81. The van der Waals surface area contributed by atoms with Crippen LogP contribution in [0, 0.1) is 5.92 Å². The zero-order valence-corrected chi connectivity index (χ0v) is 11.8. The van der Waals surface area contributed by atoms with Gasteiger partial charge < -0.3 is 5.73 Å². The number of nitrogen functional groups attached to an aromatic ring is 1. The summed E-state index contributed by atoms with van der Waals surface area (Å²) in [6.45, 7) is 4.47. The highest BCUT2D eigenvalue weighted by Gasteiger charge is 2.26. The first-order valence-electron chi connectivity index (χ1n) is 6.73. The van der Waals surface area contributed by atoms with E-state index in [0.717, 1.165) is 28.4 Å². The molecule has 96 valence electrons. The van der Waals surface area contributed by atoms with Gasteiger partial charge in [0.1, 0.15) is 16.5 Å². The second kappa shape index (κ2) is 4.50. The lowest BCUT2D eigenvalue weighted by Gasteiger charge is -2.08. The van der Waals surface area contributed by atoms with E-state index >= 15 is 0 Å². The number of hydrogen-bond acceptors (Lipinski definition) is 4. The third-order valence-corrected chi connectivity index (χ3v) is 5.07. The fraction of sp³-hybridized carbons (Fsp3) is 0.571. The lowest BCUT2D eigenvalue weighted by atomic mass is 10.1. The van der Waals surface area contributed by atoms with Gasteiger partial charge in [-0.2, -0.15) is 0 Å². The second-order valence-corrected chi connectivity index (χ2v) is 6.48. The van der Waals surface area contributed by atoms with E-state index in [1.807, 2.05) is 0 Å². The smallest absolute Gasteiger partial charge is 0.135 e. The Morgan fingerprint density at radius 2 is 2.22 bits per heavy atom. The maximum atomic E-state index is 6.08. The van der Waals surface area contributed by atoms with E-state index in [2.05, 4.69) is 24.9 Å². The number of anilines is 1. The van der Waals surface area contributed by atoms with Crippen molar-refractivity contribution in [3.63, 3.8) is 0 Å². The molecule has 1 saturated carbocycles. The summed E-state index contributed by atoms with van der Waals surface area (Å²) in [5, 5.41) is 1.03. The summed E-state index contributed by atoms with van der Waals surface area (Å²) in [5.74, 6) is 2.93. The highest BCUT2D eigenvalue weighted by atomic mass is 32.1. The summed E-state index contributed by atoms with van der Waals surface area (Å²) < 4.78 is 0. The summed E-state index contributed by atoms with van der Waals surface area (Å²) in [6.07, 6.45) is 4.74. The molecular formula is C14H19N3S. The monoisotopic (exact) mass is 261 g/mol. The molecule has 4 heteroatoms. The summed E-state index contributed by atoms with van der Waals surface area (Å²) in [6, 6.07) is 2.14. The van der Waals surface area contributed by atoms with Gasteiger partial charge in [-0.3, -0.25) is 0 Å². The molecule has 1 fully saturated rings. The van der Waals surface area contributed by atoms with Crippen molar-refractivity contribution in [2.45, 2.75) is 45.4 Å². The van der Waals surface area contributed by atoms with Crippen LogP contribution in [0.1, 0.15) is 49.7 Å². The van der Waals surface area contributed by atoms with Crippen molar-refractivity contribution in [1.82, 2.24) is 9.97 Å². The van der Waals surface area contributed by atoms with Gasteiger partial charge in [-0.1, -0.05) is 13.8 Å². The summed E-state index contributed by atoms with van der Waals surface area (Å²) in [4.78, 5) is 11.7. The van der Waals surface area contributed by atoms with E-state index in [9.17, 15) is 0 Å². The van der Waals surface area contributed by atoms with Crippen molar-refractivity contribution >= 4 is 27.4 Å². The average molecular weight is 261 g/mol. The van der Waals surface area contributed by atoms with Gasteiger partial charge in [-0.05, 0) is 37.7 Å². The van der Waals surface area contributed by atoms with E-state index in [1.54, 1.807) is 11.3 Å². The van der Waals surface area contributed by atoms with Crippen molar-refractivity contribution in [2.24, 2.45) is 5.92 Å². The second-order valence-electron chi connectivity index (χ2n) is 5.37. The number of rotatable bonds is 2. The van der Waals surface area contributed by atoms with Gasteiger partial charge in [-0.25, -0.2) is 9.97 Å². The molecule has 3 nitrogen and oxygen atoms in total. The number of thiophene rings is 1. The number of nitrogens with two attached hydrogens (primary N) is 1. The molecular weight excluding hydrogens is 242 g/mol. The molecule has 2 aromatic rings. The Morgan fingerprint density at radius 1 is 1.39 bits per heavy atom. The molecule has 3 rings (SSSR count). The molecule has 0 radical (unpaired) electrons. The Hall–Kier alpha value is -1.16. The van der Waals surface area contributed by atoms with Crippen LogP contribution in [0.2, 0.25) is 0 Å². The van der Waals surface area contributed by atoms with Gasteiger partial charge in [0.15, 0.2) is 0 Å². The predicted octanol–water partition coefficient (Wildman–Crippen LogP) is 3.74. The minimum absolute atomic E-state index is 0.513. The van der Waals surface area contributed by atoms with Gasteiger partial charge in [0.2, 0.25) is 0 Å².